The first kappa shape index (κ1) is 31.1. The normalized spacial score (nSPS) is 13.9. The Labute approximate surface area is 197 Å². The number of hydrogen-bond acceptors (Lipinski definition) is 4. The van der Waals surface area contributed by atoms with E-state index in [1.807, 2.05) is 0 Å². The van der Waals surface area contributed by atoms with E-state index in [1.54, 1.807) is 0 Å². The molecular weight excluding hydrogens is 383 g/mol. The molecule has 0 aromatic heterocycles. The van der Waals surface area contributed by atoms with Crippen molar-refractivity contribution in [2.75, 3.05) is 0 Å². The van der Waals surface area contributed by atoms with Crippen molar-refractivity contribution in [2.45, 2.75) is 141 Å². The van der Waals surface area contributed by atoms with Gasteiger partial charge in [-0.3, -0.25) is 0 Å². The summed E-state index contributed by atoms with van der Waals surface area (Å²) in [5, 5.41) is 9.59. The Morgan fingerprint density at radius 2 is 0.893 bits per heavy atom. The quantitative estimate of drug-likeness (QED) is 0.182. The Bertz CT molecular complexity index is 424. The van der Waals surface area contributed by atoms with Gasteiger partial charge in [0, 0.05) is 0 Å². The molecule has 0 aromatic rings. The molecule has 0 saturated carbocycles. The molecular formula is C22H45NaO4S. The topological polar surface area (TPSA) is 77.4 Å². The fourth-order valence-corrected chi connectivity index (χ4v) is 3.87. The number of unbranched alkanes of at least 4 members (excludes halogenated alkanes) is 17. The van der Waals surface area contributed by atoms with E-state index < -0.39 is 15.1 Å². The van der Waals surface area contributed by atoms with Crippen LogP contribution in [0, 0.1) is 0 Å². The van der Waals surface area contributed by atoms with Crippen molar-refractivity contribution in [2.24, 2.45) is 0 Å². The van der Waals surface area contributed by atoms with E-state index in [0.717, 1.165) is 26.2 Å². The molecule has 6 heteroatoms. The van der Waals surface area contributed by atoms with Gasteiger partial charge in [-0.15, -0.1) is 0 Å². The van der Waals surface area contributed by atoms with Crippen LogP contribution in [0.2, 0.25) is 0 Å². The summed E-state index contributed by atoms with van der Waals surface area (Å²) in [5.74, 6) is 0. The van der Waals surface area contributed by atoms with Crippen LogP contribution >= 0.6 is 0 Å². The van der Waals surface area contributed by atoms with Crippen LogP contribution in [0.15, 0.2) is 0 Å². The van der Waals surface area contributed by atoms with Crippen molar-refractivity contribution in [1.82, 2.24) is 0 Å². The molecule has 28 heavy (non-hydrogen) atoms. The van der Waals surface area contributed by atoms with E-state index in [2.05, 4.69) is 6.92 Å². The smallest absolute Gasteiger partial charge is 0.746 e. The molecule has 1 N–H and O–H groups in total. The minimum absolute atomic E-state index is 0. The van der Waals surface area contributed by atoms with Gasteiger partial charge in [-0.2, -0.15) is 0 Å². The molecule has 1 unspecified atom stereocenters. The Morgan fingerprint density at radius 3 is 1.14 bits per heavy atom. The van der Waals surface area contributed by atoms with Gasteiger partial charge in [-0.25, -0.2) is 8.42 Å². The third-order valence-electron chi connectivity index (χ3n) is 5.53. The maximum atomic E-state index is 10.9. The Morgan fingerprint density at radius 1 is 0.643 bits per heavy atom. The summed E-state index contributed by atoms with van der Waals surface area (Å²) in [6.45, 7) is 3.37. The minimum atomic E-state index is -4.62. The fourth-order valence-electron chi connectivity index (χ4n) is 3.48. The van der Waals surface area contributed by atoms with Gasteiger partial charge in [0.2, 0.25) is 0 Å². The van der Waals surface area contributed by atoms with Crippen LogP contribution in [0.4, 0.5) is 0 Å². The summed E-state index contributed by atoms with van der Waals surface area (Å²) in [6.07, 6.45) is 22.9. The van der Waals surface area contributed by atoms with Gasteiger partial charge in [-0.1, -0.05) is 116 Å². The van der Waals surface area contributed by atoms with Crippen molar-refractivity contribution in [3.8, 4) is 0 Å². The largest absolute Gasteiger partial charge is 1.00 e. The van der Waals surface area contributed by atoms with Crippen molar-refractivity contribution < 1.29 is 47.6 Å². The molecule has 1 atom stereocenters. The van der Waals surface area contributed by atoms with Crippen LogP contribution in [0.25, 0.3) is 0 Å². The molecule has 0 saturated heterocycles. The molecule has 164 valence electrons. The summed E-state index contributed by atoms with van der Waals surface area (Å²) in [4.78, 5) is -2.11. The zero-order valence-electron chi connectivity index (χ0n) is 19.0. The van der Waals surface area contributed by atoms with Gasteiger partial charge >= 0.3 is 29.6 Å². The Kier molecular flexibility index (Phi) is 22.0. The Hall–Kier alpha value is 0.870. The molecule has 0 aliphatic heterocycles. The maximum Gasteiger partial charge on any atom is 1.00 e. The third-order valence-corrected chi connectivity index (χ3v) is 6.81. The molecule has 0 aliphatic rings. The second kappa shape index (κ2) is 19.8. The maximum absolute atomic E-state index is 10.9. The van der Waals surface area contributed by atoms with Gasteiger partial charge in [0.05, 0.1) is 0 Å². The summed E-state index contributed by atoms with van der Waals surface area (Å²) in [6, 6.07) is 0. The predicted molar refractivity (Wildman–Crippen MR) is 114 cm³/mol. The van der Waals surface area contributed by atoms with Gasteiger partial charge in [0.1, 0.15) is 10.1 Å². The van der Waals surface area contributed by atoms with Crippen LogP contribution in [0.3, 0.4) is 0 Å². The van der Waals surface area contributed by atoms with Crippen molar-refractivity contribution >= 4 is 10.1 Å². The molecule has 0 aliphatic carbocycles. The zero-order valence-corrected chi connectivity index (χ0v) is 21.8. The average Bonchev–Trinajstić information content (AvgIpc) is 2.59. The first-order valence-corrected chi connectivity index (χ1v) is 12.9. The van der Waals surface area contributed by atoms with Gasteiger partial charge in [0.15, 0.2) is 4.93 Å². The molecule has 0 radical (unpaired) electrons. The molecule has 0 heterocycles. The first-order valence-electron chi connectivity index (χ1n) is 11.5. The number of hydrogen-bond donors (Lipinski definition) is 1. The van der Waals surface area contributed by atoms with Crippen LogP contribution in [-0.4, -0.2) is 23.0 Å². The van der Waals surface area contributed by atoms with E-state index >= 15 is 0 Å². The SMILES string of the molecule is CCCCCCCCCCCCCCCCCCCCC(C)(O)S(=O)(=O)[O-].[Na+]. The summed E-state index contributed by atoms with van der Waals surface area (Å²) < 4.78 is 32.6. The third kappa shape index (κ3) is 18.9. The average molecular weight is 429 g/mol. The molecule has 0 bridgehead atoms. The van der Waals surface area contributed by atoms with Gasteiger partial charge in [0.25, 0.3) is 0 Å². The monoisotopic (exact) mass is 428 g/mol. The standard InChI is InChI=1S/C22H46O4S.Na/c1-3-4-5-6-7-8-9-10-11-12-13-14-15-16-17-18-19-20-21-22(2,23)27(24,25)26;/h23H,3-21H2,1-2H3,(H,24,25,26);/q;+1/p-1. The first-order chi connectivity index (χ1) is 12.8. The van der Waals surface area contributed by atoms with Crippen molar-refractivity contribution in [3.63, 3.8) is 0 Å². The molecule has 0 aromatic carbocycles. The molecule has 0 amide bonds. The minimum Gasteiger partial charge on any atom is -0.746 e. The van der Waals surface area contributed by atoms with Crippen molar-refractivity contribution in [3.05, 3.63) is 0 Å². The molecule has 0 rings (SSSR count). The fraction of sp³-hybridized carbons (Fsp3) is 1.00. The van der Waals surface area contributed by atoms with Gasteiger partial charge < -0.3 is 9.66 Å². The van der Waals surface area contributed by atoms with Crippen LogP contribution in [-0.2, 0) is 10.1 Å². The number of rotatable bonds is 20. The van der Waals surface area contributed by atoms with E-state index in [0.29, 0.717) is 6.42 Å². The van der Waals surface area contributed by atoms with Crippen LogP contribution in [0.1, 0.15) is 136 Å². The summed E-state index contributed by atoms with van der Waals surface area (Å²) in [5.41, 5.74) is 0. The second-order valence-electron chi connectivity index (χ2n) is 8.39. The number of aliphatic hydroxyl groups is 1. The van der Waals surface area contributed by atoms with E-state index in [1.165, 1.54) is 89.9 Å². The van der Waals surface area contributed by atoms with E-state index in [4.69, 9.17) is 0 Å². The van der Waals surface area contributed by atoms with Crippen molar-refractivity contribution in [1.29, 1.82) is 0 Å². The van der Waals surface area contributed by atoms with Crippen LogP contribution in [0.5, 0.6) is 0 Å². The predicted octanol–water partition coefficient (Wildman–Crippen LogP) is 3.68. The molecule has 4 nitrogen and oxygen atoms in total. The van der Waals surface area contributed by atoms with E-state index in [9.17, 15) is 18.1 Å². The second-order valence-corrected chi connectivity index (χ2v) is 10.2. The van der Waals surface area contributed by atoms with E-state index in [-0.39, 0.29) is 36.0 Å². The summed E-state index contributed by atoms with van der Waals surface area (Å²) >= 11 is 0. The zero-order chi connectivity index (χ0) is 20.4. The molecule has 0 fully saturated rings. The van der Waals surface area contributed by atoms with Gasteiger partial charge in [-0.05, 0) is 19.8 Å². The van der Waals surface area contributed by atoms with Crippen LogP contribution < -0.4 is 29.6 Å². The Balaban J connectivity index is 0. The summed E-state index contributed by atoms with van der Waals surface area (Å²) in [7, 11) is -4.62. The molecule has 0 spiro atoms.